The van der Waals surface area contributed by atoms with E-state index in [0.717, 1.165) is 47.1 Å². The second kappa shape index (κ2) is 7.61. The predicted octanol–water partition coefficient (Wildman–Crippen LogP) is 3.33. The first-order valence-electron chi connectivity index (χ1n) is 7.12. The zero-order valence-electron chi connectivity index (χ0n) is 12.1. The highest BCUT2D eigenvalue weighted by Gasteiger charge is 2.12. The van der Waals surface area contributed by atoms with E-state index in [1.165, 1.54) is 12.8 Å². The molecule has 0 saturated carbocycles. The molecule has 0 unspecified atom stereocenters. The summed E-state index contributed by atoms with van der Waals surface area (Å²) >= 11 is 3.43. The number of halogens is 1. The van der Waals surface area contributed by atoms with Gasteiger partial charge in [0.15, 0.2) is 0 Å². The number of carbonyl (C=O) groups is 1. The minimum Gasteiger partial charge on any atom is -0.491 e. The number of hydrogen-bond donors (Lipinski definition) is 1. The molecule has 0 amide bonds. The van der Waals surface area contributed by atoms with Gasteiger partial charge in [0.2, 0.25) is 0 Å². The summed E-state index contributed by atoms with van der Waals surface area (Å²) < 4.78 is 6.82. The molecule has 1 saturated heterocycles. The molecule has 0 aliphatic carbocycles. The SMILES string of the molecule is Cc1cc(Br)cc(/C=C/C(=O)O)c1OCCN1CCCC1. The number of nitrogens with zero attached hydrogens (tertiary/aromatic N) is 1. The van der Waals surface area contributed by atoms with E-state index in [4.69, 9.17) is 9.84 Å². The molecule has 2 rings (SSSR count). The third-order valence-corrected chi connectivity index (χ3v) is 3.98. The van der Waals surface area contributed by atoms with Crippen molar-refractivity contribution in [2.45, 2.75) is 19.8 Å². The van der Waals surface area contributed by atoms with Crippen molar-refractivity contribution in [3.8, 4) is 5.75 Å². The van der Waals surface area contributed by atoms with Crippen molar-refractivity contribution in [3.05, 3.63) is 33.8 Å². The topological polar surface area (TPSA) is 49.8 Å². The summed E-state index contributed by atoms with van der Waals surface area (Å²) in [6.07, 6.45) is 5.24. The molecule has 0 atom stereocenters. The number of rotatable bonds is 6. The van der Waals surface area contributed by atoms with E-state index in [2.05, 4.69) is 20.8 Å². The average Bonchev–Trinajstić information content (AvgIpc) is 2.92. The van der Waals surface area contributed by atoms with Gasteiger partial charge in [-0.1, -0.05) is 15.9 Å². The van der Waals surface area contributed by atoms with E-state index in [1.807, 2.05) is 19.1 Å². The number of ether oxygens (including phenoxy) is 1. The number of carboxylic acid groups (broad SMARTS) is 1. The van der Waals surface area contributed by atoms with Crippen LogP contribution < -0.4 is 4.74 Å². The summed E-state index contributed by atoms with van der Waals surface area (Å²) in [6.45, 7) is 5.80. The van der Waals surface area contributed by atoms with Gasteiger partial charge in [-0.15, -0.1) is 0 Å². The maximum Gasteiger partial charge on any atom is 0.328 e. The summed E-state index contributed by atoms with van der Waals surface area (Å²) in [5, 5.41) is 8.78. The number of aliphatic carboxylic acids is 1. The Morgan fingerprint density at radius 2 is 2.14 bits per heavy atom. The van der Waals surface area contributed by atoms with Crippen molar-refractivity contribution in [3.63, 3.8) is 0 Å². The standard InChI is InChI=1S/C16H20BrNO3/c1-12-10-14(17)11-13(4-5-15(19)20)16(12)21-9-8-18-6-2-3-7-18/h4-5,10-11H,2-3,6-9H2,1H3,(H,19,20)/b5-4+. The van der Waals surface area contributed by atoms with Crippen LogP contribution in [0, 0.1) is 6.92 Å². The van der Waals surface area contributed by atoms with Crippen LogP contribution in [-0.2, 0) is 4.79 Å². The Bertz CT molecular complexity index is 537. The normalized spacial score (nSPS) is 15.7. The fourth-order valence-electron chi connectivity index (χ4n) is 2.52. The van der Waals surface area contributed by atoms with Gasteiger partial charge in [0.1, 0.15) is 12.4 Å². The average molecular weight is 354 g/mol. The van der Waals surface area contributed by atoms with E-state index >= 15 is 0 Å². The molecule has 1 fully saturated rings. The molecule has 1 heterocycles. The molecule has 1 aromatic carbocycles. The number of carboxylic acids is 1. The Hall–Kier alpha value is -1.33. The third-order valence-electron chi connectivity index (χ3n) is 3.53. The Kier molecular flexibility index (Phi) is 5.82. The molecule has 0 aromatic heterocycles. The maximum atomic E-state index is 10.7. The molecule has 0 spiro atoms. The van der Waals surface area contributed by atoms with Gasteiger partial charge >= 0.3 is 5.97 Å². The molecule has 1 N–H and O–H groups in total. The molecule has 21 heavy (non-hydrogen) atoms. The second-order valence-corrected chi connectivity index (χ2v) is 6.13. The molecular formula is C16H20BrNO3. The summed E-state index contributed by atoms with van der Waals surface area (Å²) in [7, 11) is 0. The highest BCUT2D eigenvalue weighted by molar-refractivity contribution is 9.10. The zero-order chi connectivity index (χ0) is 15.2. The highest BCUT2D eigenvalue weighted by atomic mass is 79.9. The largest absolute Gasteiger partial charge is 0.491 e. The minimum absolute atomic E-state index is 0.621. The van der Waals surface area contributed by atoms with Gasteiger partial charge in [-0.2, -0.15) is 0 Å². The molecule has 0 radical (unpaired) electrons. The van der Waals surface area contributed by atoms with Crippen LogP contribution in [0.15, 0.2) is 22.7 Å². The summed E-state index contributed by atoms with van der Waals surface area (Å²) in [5.41, 5.74) is 1.78. The quantitative estimate of drug-likeness (QED) is 0.797. The summed E-state index contributed by atoms with van der Waals surface area (Å²) in [6, 6.07) is 3.85. The van der Waals surface area contributed by atoms with E-state index in [9.17, 15) is 4.79 Å². The van der Waals surface area contributed by atoms with Gasteiger partial charge in [0, 0.05) is 22.7 Å². The van der Waals surface area contributed by atoms with Crippen LogP contribution in [0.3, 0.4) is 0 Å². The molecule has 5 heteroatoms. The van der Waals surface area contributed by atoms with Crippen LogP contribution in [0.4, 0.5) is 0 Å². The van der Waals surface area contributed by atoms with Crippen LogP contribution in [0.1, 0.15) is 24.0 Å². The number of hydrogen-bond acceptors (Lipinski definition) is 3. The van der Waals surface area contributed by atoms with Gasteiger partial charge in [0.05, 0.1) is 0 Å². The van der Waals surface area contributed by atoms with Crippen molar-refractivity contribution < 1.29 is 14.6 Å². The zero-order valence-corrected chi connectivity index (χ0v) is 13.7. The van der Waals surface area contributed by atoms with Gasteiger partial charge in [-0.3, -0.25) is 4.90 Å². The van der Waals surface area contributed by atoms with Crippen LogP contribution >= 0.6 is 15.9 Å². The van der Waals surface area contributed by atoms with Crippen molar-refractivity contribution in [1.82, 2.24) is 4.90 Å². The van der Waals surface area contributed by atoms with Crippen LogP contribution in [-0.4, -0.2) is 42.2 Å². The first-order valence-corrected chi connectivity index (χ1v) is 7.92. The van der Waals surface area contributed by atoms with Gasteiger partial charge in [-0.25, -0.2) is 4.79 Å². The van der Waals surface area contributed by atoms with Gasteiger partial charge in [0.25, 0.3) is 0 Å². The summed E-state index contributed by atoms with van der Waals surface area (Å²) in [4.78, 5) is 13.1. The first-order chi connectivity index (χ1) is 10.1. The summed E-state index contributed by atoms with van der Waals surface area (Å²) in [5.74, 6) is -0.203. The lowest BCUT2D eigenvalue weighted by Crippen LogP contribution is -2.25. The fraction of sp³-hybridized carbons (Fsp3) is 0.438. The third kappa shape index (κ3) is 4.86. The molecule has 1 aliphatic heterocycles. The van der Waals surface area contributed by atoms with Crippen LogP contribution in [0.2, 0.25) is 0 Å². The monoisotopic (exact) mass is 353 g/mol. The lowest BCUT2D eigenvalue weighted by Gasteiger charge is -2.17. The Balaban J connectivity index is 2.06. The number of benzene rings is 1. The first kappa shape index (κ1) is 16.0. The van der Waals surface area contributed by atoms with Crippen LogP contribution in [0.5, 0.6) is 5.75 Å². The lowest BCUT2D eigenvalue weighted by atomic mass is 10.1. The lowest BCUT2D eigenvalue weighted by molar-refractivity contribution is -0.131. The van der Waals surface area contributed by atoms with Crippen molar-refractivity contribution in [1.29, 1.82) is 0 Å². The van der Waals surface area contributed by atoms with Crippen molar-refractivity contribution >= 4 is 28.0 Å². The van der Waals surface area contributed by atoms with E-state index < -0.39 is 5.97 Å². The molecule has 0 bridgehead atoms. The number of aryl methyl sites for hydroxylation is 1. The highest BCUT2D eigenvalue weighted by Crippen LogP contribution is 2.29. The second-order valence-electron chi connectivity index (χ2n) is 5.21. The molecule has 1 aliphatic rings. The molecule has 1 aromatic rings. The van der Waals surface area contributed by atoms with E-state index in [-0.39, 0.29) is 0 Å². The van der Waals surface area contributed by atoms with Gasteiger partial charge in [-0.05, 0) is 56.6 Å². The Labute approximate surface area is 133 Å². The van der Waals surface area contributed by atoms with E-state index in [1.54, 1.807) is 6.08 Å². The van der Waals surface area contributed by atoms with Crippen molar-refractivity contribution in [2.75, 3.05) is 26.2 Å². The van der Waals surface area contributed by atoms with E-state index in [0.29, 0.717) is 6.61 Å². The van der Waals surface area contributed by atoms with Crippen molar-refractivity contribution in [2.24, 2.45) is 0 Å². The number of likely N-dealkylation sites (tertiary alicyclic amines) is 1. The maximum absolute atomic E-state index is 10.7. The Morgan fingerprint density at radius 1 is 1.43 bits per heavy atom. The smallest absolute Gasteiger partial charge is 0.328 e. The molecular weight excluding hydrogens is 334 g/mol. The van der Waals surface area contributed by atoms with Crippen LogP contribution in [0.25, 0.3) is 6.08 Å². The van der Waals surface area contributed by atoms with Gasteiger partial charge < -0.3 is 9.84 Å². The fourth-order valence-corrected chi connectivity index (χ4v) is 3.11. The predicted molar refractivity (Wildman–Crippen MR) is 86.7 cm³/mol. The molecule has 114 valence electrons. The molecule has 4 nitrogen and oxygen atoms in total. The minimum atomic E-state index is -0.962. The Morgan fingerprint density at radius 3 is 2.81 bits per heavy atom.